The number of likely N-dealkylation sites (tertiary alicyclic amines) is 1. The lowest BCUT2D eigenvalue weighted by molar-refractivity contribution is 0.312. The van der Waals surface area contributed by atoms with E-state index in [2.05, 4.69) is 4.90 Å². The van der Waals surface area contributed by atoms with Gasteiger partial charge < -0.3 is 10.6 Å². The molecule has 1 aliphatic rings. The van der Waals surface area contributed by atoms with Crippen molar-refractivity contribution in [3.05, 3.63) is 35.4 Å². The van der Waals surface area contributed by atoms with E-state index in [0.717, 1.165) is 25.7 Å². The molecule has 17 heavy (non-hydrogen) atoms. The smallest absolute Gasteiger partial charge is 0.129 e. The summed E-state index contributed by atoms with van der Waals surface area (Å²) >= 11 is 0. The van der Waals surface area contributed by atoms with Gasteiger partial charge in [-0.25, -0.2) is 8.78 Å². The van der Waals surface area contributed by atoms with Crippen molar-refractivity contribution < 1.29 is 8.78 Å². The van der Waals surface area contributed by atoms with Gasteiger partial charge in [0.25, 0.3) is 0 Å². The second-order valence-electron chi connectivity index (χ2n) is 4.71. The molecular weight excluding hydrogens is 222 g/mol. The fraction of sp³-hybridized carbons (Fsp3) is 0.538. The van der Waals surface area contributed by atoms with Gasteiger partial charge >= 0.3 is 0 Å². The minimum Gasteiger partial charge on any atom is -0.326 e. The number of hydrogen-bond donors (Lipinski definition) is 1. The third-order valence-electron chi connectivity index (χ3n) is 3.19. The van der Waals surface area contributed by atoms with Crippen molar-refractivity contribution in [3.63, 3.8) is 0 Å². The Bertz CT molecular complexity index is 376. The molecule has 1 unspecified atom stereocenters. The van der Waals surface area contributed by atoms with E-state index in [4.69, 9.17) is 5.73 Å². The fourth-order valence-corrected chi connectivity index (χ4v) is 2.33. The Hall–Kier alpha value is -1.00. The van der Waals surface area contributed by atoms with Crippen LogP contribution < -0.4 is 5.73 Å². The average molecular weight is 240 g/mol. The molecule has 0 bridgehead atoms. The van der Waals surface area contributed by atoms with Gasteiger partial charge in [-0.1, -0.05) is 6.07 Å². The lowest BCUT2D eigenvalue weighted by atomic mass is 10.1. The van der Waals surface area contributed by atoms with Crippen LogP contribution in [0.15, 0.2) is 18.2 Å². The highest BCUT2D eigenvalue weighted by Gasteiger charge is 2.16. The van der Waals surface area contributed by atoms with Gasteiger partial charge in [-0.05, 0) is 44.0 Å². The quantitative estimate of drug-likeness (QED) is 0.871. The standard InChI is InChI=1S/C13H18F2N2/c14-11-4-3-10(13(15)8-11)7-12(16)9-17-5-1-2-6-17/h3-4,8,12H,1-2,5-7,9,16H2. The topological polar surface area (TPSA) is 29.3 Å². The molecule has 0 aliphatic carbocycles. The molecule has 1 atom stereocenters. The fourth-order valence-electron chi connectivity index (χ4n) is 2.33. The third kappa shape index (κ3) is 3.48. The number of nitrogens with two attached hydrogens (primary N) is 1. The summed E-state index contributed by atoms with van der Waals surface area (Å²) < 4.78 is 26.1. The van der Waals surface area contributed by atoms with E-state index in [-0.39, 0.29) is 6.04 Å². The molecule has 2 nitrogen and oxygen atoms in total. The Balaban J connectivity index is 1.90. The zero-order valence-corrected chi connectivity index (χ0v) is 9.83. The largest absolute Gasteiger partial charge is 0.326 e. The molecule has 1 saturated heterocycles. The van der Waals surface area contributed by atoms with Gasteiger partial charge in [0.2, 0.25) is 0 Å². The molecule has 0 aromatic heterocycles. The molecule has 0 amide bonds. The summed E-state index contributed by atoms with van der Waals surface area (Å²) in [6, 6.07) is 3.58. The average Bonchev–Trinajstić information content (AvgIpc) is 2.75. The second kappa shape index (κ2) is 5.56. The highest BCUT2D eigenvalue weighted by Crippen LogP contribution is 2.13. The molecule has 2 N–H and O–H groups in total. The van der Waals surface area contributed by atoms with Crippen LogP contribution in [0.2, 0.25) is 0 Å². The lowest BCUT2D eigenvalue weighted by Crippen LogP contribution is -2.37. The van der Waals surface area contributed by atoms with E-state index >= 15 is 0 Å². The first kappa shape index (κ1) is 12.5. The summed E-state index contributed by atoms with van der Waals surface area (Å²) in [4.78, 5) is 2.30. The SMILES string of the molecule is NC(Cc1ccc(F)cc1F)CN1CCCC1. The van der Waals surface area contributed by atoms with Crippen molar-refractivity contribution in [2.75, 3.05) is 19.6 Å². The van der Waals surface area contributed by atoms with E-state index in [1.807, 2.05) is 0 Å². The van der Waals surface area contributed by atoms with Crippen LogP contribution in [0.4, 0.5) is 8.78 Å². The van der Waals surface area contributed by atoms with E-state index in [9.17, 15) is 8.78 Å². The Labute approximate surface area is 100 Å². The van der Waals surface area contributed by atoms with Crippen LogP contribution in [0.1, 0.15) is 18.4 Å². The molecule has 0 spiro atoms. The summed E-state index contributed by atoms with van der Waals surface area (Å²) in [6.07, 6.45) is 2.90. The summed E-state index contributed by atoms with van der Waals surface area (Å²) in [5, 5.41) is 0. The van der Waals surface area contributed by atoms with E-state index in [1.54, 1.807) is 0 Å². The molecule has 1 heterocycles. The minimum atomic E-state index is -0.542. The molecule has 1 aromatic carbocycles. The molecule has 1 aliphatic heterocycles. The Morgan fingerprint density at radius 1 is 1.24 bits per heavy atom. The van der Waals surface area contributed by atoms with Gasteiger partial charge in [0.1, 0.15) is 11.6 Å². The highest BCUT2D eigenvalue weighted by atomic mass is 19.1. The van der Waals surface area contributed by atoms with Crippen molar-refractivity contribution in [1.82, 2.24) is 4.90 Å². The molecule has 4 heteroatoms. The van der Waals surface area contributed by atoms with Gasteiger partial charge in [-0.15, -0.1) is 0 Å². The highest BCUT2D eigenvalue weighted by molar-refractivity contribution is 5.19. The number of hydrogen-bond acceptors (Lipinski definition) is 2. The van der Waals surface area contributed by atoms with Crippen molar-refractivity contribution in [2.45, 2.75) is 25.3 Å². The van der Waals surface area contributed by atoms with Crippen LogP contribution in [0.5, 0.6) is 0 Å². The lowest BCUT2D eigenvalue weighted by Gasteiger charge is -2.20. The van der Waals surface area contributed by atoms with Gasteiger partial charge in [0.15, 0.2) is 0 Å². The van der Waals surface area contributed by atoms with Gasteiger partial charge in [0, 0.05) is 18.7 Å². The molecule has 1 fully saturated rings. The normalized spacial score (nSPS) is 18.5. The van der Waals surface area contributed by atoms with Crippen molar-refractivity contribution in [2.24, 2.45) is 5.73 Å². The first-order valence-corrected chi connectivity index (χ1v) is 6.07. The van der Waals surface area contributed by atoms with Crippen LogP contribution in [0, 0.1) is 11.6 Å². The summed E-state index contributed by atoms with van der Waals surface area (Å²) in [5.74, 6) is -1.04. The third-order valence-corrected chi connectivity index (χ3v) is 3.19. The zero-order valence-electron chi connectivity index (χ0n) is 9.83. The molecular formula is C13H18F2N2. The molecule has 0 saturated carbocycles. The van der Waals surface area contributed by atoms with Gasteiger partial charge in [0.05, 0.1) is 0 Å². The predicted octanol–water partition coefficient (Wildman–Crippen LogP) is 1.93. The number of nitrogens with zero attached hydrogens (tertiary/aromatic N) is 1. The van der Waals surface area contributed by atoms with Gasteiger partial charge in [-0.2, -0.15) is 0 Å². The number of rotatable bonds is 4. The number of benzene rings is 1. The number of halogens is 2. The van der Waals surface area contributed by atoms with Crippen LogP contribution in [0.3, 0.4) is 0 Å². The molecule has 94 valence electrons. The minimum absolute atomic E-state index is 0.0898. The zero-order chi connectivity index (χ0) is 12.3. The monoisotopic (exact) mass is 240 g/mol. The van der Waals surface area contributed by atoms with Crippen LogP contribution in [-0.2, 0) is 6.42 Å². The van der Waals surface area contributed by atoms with E-state index in [0.29, 0.717) is 12.0 Å². The maximum atomic E-state index is 13.4. The maximum absolute atomic E-state index is 13.4. The van der Waals surface area contributed by atoms with Gasteiger partial charge in [-0.3, -0.25) is 0 Å². The van der Waals surface area contributed by atoms with E-state index in [1.165, 1.54) is 25.0 Å². The Morgan fingerprint density at radius 3 is 2.59 bits per heavy atom. The predicted molar refractivity (Wildman–Crippen MR) is 63.7 cm³/mol. The molecule has 2 rings (SSSR count). The summed E-state index contributed by atoms with van der Waals surface area (Å²) in [5.41, 5.74) is 6.49. The van der Waals surface area contributed by atoms with Crippen molar-refractivity contribution in [1.29, 1.82) is 0 Å². The summed E-state index contributed by atoms with van der Waals surface area (Å²) in [6.45, 7) is 2.95. The van der Waals surface area contributed by atoms with Crippen molar-refractivity contribution >= 4 is 0 Å². The maximum Gasteiger partial charge on any atom is 0.129 e. The van der Waals surface area contributed by atoms with Crippen molar-refractivity contribution in [3.8, 4) is 0 Å². The second-order valence-corrected chi connectivity index (χ2v) is 4.71. The Kier molecular flexibility index (Phi) is 4.07. The first-order chi connectivity index (χ1) is 8.15. The van der Waals surface area contributed by atoms with E-state index < -0.39 is 11.6 Å². The molecule has 1 aromatic rings. The van der Waals surface area contributed by atoms with Crippen LogP contribution >= 0.6 is 0 Å². The molecule has 0 radical (unpaired) electrons. The Morgan fingerprint density at radius 2 is 1.94 bits per heavy atom. The summed E-state index contributed by atoms with van der Waals surface area (Å²) in [7, 11) is 0. The van der Waals surface area contributed by atoms with Crippen LogP contribution in [0.25, 0.3) is 0 Å². The first-order valence-electron chi connectivity index (χ1n) is 6.07. The van der Waals surface area contributed by atoms with Crippen LogP contribution in [-0.4, -0.2) is 30.6 Å².